The first-order valence-electron chi connectivity index (χ1n) is 14.0. The molecule has 0 aliphatic rings. The highest BCUT2D eigenvalue weighted by atomic mass is 32.2. The van der Waals surface area contributed by atoms with E-state index in [1.54, 1.807) is 48.5 Å². The average molecular weight is 591 g/mol. The van der Waals surface area contributed by atoms with E-state index in [4.69, 9.17) is 9.47 Å². The molecular formula is C34H35FO6S. The highest BCUT2D eigenvalue weighted by Gasteiger charge is 2.19. The van der Waals surface area contributed by atoms with E-state index in [0.717, 1.165) is 23.1 Å². The van der Waals surface area contributed by atoms with Crippen LogP contribution in [0.4, 0.5) is 4.39 Å². The van der Waals surface area contributed by atoms with E-state index in [1.807, 2.05) is 32.0 Å². The molecule has 0 fully saturated rings. The van der Waals surface area contributed by atoms with Gasteiger partial charge < -0.3 is 19.7 Å². The predicted octanol–water partition coefficient (Wildman–Crippen LogP) is 7.35. The minimum absolute atomic E-state index is 0.0593. The summed E-state index contributed by atoms with van der Waals surface area (Å²) in [5.74, 6) is -0.0143. The Labute approximate surface area is 248 Å². The summed E-state index contributed by atoms with van der Waals surface area (Å²) >= 11 is 0. The van der Waals surface area contributed by atoms with Gasteiger partial charge in [0.15, 0.2) is 0 Å². The smallest absolute Gasteiger partial charge is 0.307 e. The van der Waals surface area contributed by atoms with E-state index < -0.39 is 16.8 Å². The maximum absolute atomic E-state index is 13.7. The van der Waals surface area contributed by atoms with E-state index in [0.29, 0.717) is 64.9 Å². The molecule has 0 spiro atoms. The largest absolute Gasteiger partial charge is 0.507 e. The summed E-state index contributed by atoms with van der Waals surface area (Å²) in [5, 5.41) is 19.9. The summed E-state index contributed by atoms with van der Waals surface area (Å²) < 4.78 is 39.1. The zero-order valence-corrected chi connectivity index (χ0v) is 24.6. The lowest BCUT2D eigenvalue weighted by molar-refractivity contribution is -0.136. The Morgan fingerprint density at radius 3 is 2.24 bits per heavy atom. The summed E-state index contributed by atoms with van der Waals surface area (Å²) in [6.45, 7) is 4.77. The summed E-state index contributed by atoms with van der Waals surface area (Å²) in [6.07, 6.45) is 2.55. The van der Waals surface area contributed by atoms with Crippen molar-refractivity contribution >= 4 is 16.8 Å². The van der Waals surface area contributed by atoms with Crippen LogP contribution in [-0.4, -0.2) is 33.6 Å². The second-order valence-electron chi connectivity index (χ2n) is 9.82. The number of aryl methyl sites for hydroxylation is 1. The maximum atomic E-state index is 13.7. The minimum Gasteiger partial charge on any atom is -0.507 e. The van der Waals surface area contributed by atoms with Crippen LogP contribution >= 0.6 is 0 Å². The van der Waals surface area contributed by atoms with Gasteiger partial charge in [-0.05, 0) is 65.9 Å². The van der Waals surface area contributed by atoms with E-state index in [2.05, 4.69) is 0 Å². The van der Waals surface area contributed by atoms with Crippen molar-refractivity contribution in [2.45, 2.75) is 55.7 Å². The summed E-state index contributed by atoms with van der Waals surface area (Å²) in [5.41, 5.74) is 3.64. The van der Waals surface area contributed by atoms with Gasteiger partial charge >= 0.3 is 5.97 Å². The van der Waals surface area contributed by atoms with Gasteiger partial charge in [-0.25, -0.2) is 8.60 Å². The fourth-order valence-corrected chi connectivity index (χ4v) is 6.22. The fraction of sp³-hybridized carbons (Fsp3) is 0.265. The molecule has 1 unspecified atom stereocenters. The molecular weight excluding hydrogens is 555 g/mol. The number of carboxylic acids is 1. The molecule has 0 heterocycles. The molecule has 0 amide bonds. The molecule has 4 aromatic rings. The molecule has 6 nitrogen and oxygen atoms in total. The molecule has 0 saturated carbocycles. The maximum Gasteiger partial charge on any atom is 0.307 e. The zero-order chi connectivity index (χ0) is 30.1. The Morgan fingerprint density at radius 2 is 1.55 bits per heavy atom. The molecule has 0 bridgehead atoms. The zero-order valence-electron chi connectivity index (χ0n) is 23.8. The van der Waals surface area contributed by atoms with Gasteiger partial charge in [-0.3, -0.25) is 4.79 Å². The SMILES string of the molecule is CCCc1c(OCCCOc2cc(O)c(-c3ccc(F)cc3)cc2CC)cccc1S(=O)c1ccccc1CC(=O)O. The number of phenols is 1. The topological polar surface area (TPSA) is 93.1 Å². The van der Waals surface area contributed by atoms with E-state index in [9.17, 15) is 23.6 Å². The van der Waals surface area contributed by atoms with Crippen LogP contribution in [0.5, 0.6) is 17.2 Å². The van der Waals surface area contributed by atoms with Gasteiger partial charge in [-0.2, -0.15) is 0 Å². The van der Waals surface area contributed by atoms with Crippen molar-refractivity contribution in [3.05, 3.63) is 101 Å². The van der Waals surface area contributed by atoms with E-state index in [-0.39, 0.29) is 18.0 Å². The van der Waals surface area contributed by atoms with Crippen molar-refractivity contribution in [1.29, 1.82) is 0 Å². The number of carbonyl (C=O) groups is 1. The van der Waals surface area contributed by atoms with Crippen LogP contribution in [0.1, 0.15) is 43.4 Å². The first-order chi connectivity index (χ1) is 20.3. The number of benzene rings is 4. The quantitative estimate of drug-likeness (QED) is 0.149. The van der Waals surface area contributed by atoms with Gasteiger partial charge in [0, 0.05) is 28.5 Å². The third-order valence-electron chi connectivity index (χ3n) is 6.82. The Balaban J connectivity index is 1.43. The van der Waals surface area contributed by atoms with Crippen LogP contribution in [0.25, 0.3) is 11.1 Å². The molecule has 42 heavy (non-hydrogen) atoms. The molecule has 8 heteroatoms. The van der Waals surface area contributed by atoms with Crippen molar-refractivity contribution in [2.24, 2.45) is 0 Å². The average Bonchev–Trinajstić information content (AvgIpc) is 2.98. The molecule has 4 rings (SSSR count). The Morgan fingerprint density at radius 1 is 0.857 bits per heavy atom. The number of aliphatic carboxylic acids is 1. The molecule has 2 N–H and O–H groups in total. The van der Waals surface area contributed by atoms with Crippen molar-refractivity contribution in [3.8, 4) is 28.4 Å². The van der Waals surface area contributed by atoms with Crippen LogP contribution in [0, 0.1) is 5.82 Å². The molecule has 0 saturated heterocycles. The number of hydrogen-bond acceptors (Lipinski definition) is 5. The van der Waals surface area contributed by atoms with Crippen LogP contribution in [0.15, 0.2) is 88.7 Å². The number of hydrogen-bond donors (Lipinski definition) is 2. The minimum atomic E-state index is -1.57. The number of halogens is 1. The third kappa shape index (κ3) is 7.56. The number of aromatic hydroxyl groups is 1. The van der Waals surface area contributed by atoms with Gasteiger partial charge in [0.1, 0.15) is 23.1 Å². The van der Waals surface area contributed by atoms with Gasteiger partial charge in [-0.1, -0.05) is 56.7 Å². The molecule has 0 aliphatic heterocycles. The Hall–Kier alpha value is -4.17. The predicted molar refractivity (Wildman–Crippen MR) is 161 cm³/mol. The first-order valence-corrected chi connectivity index (χ1v) is 15.2. The van der Waals surface area contributed by atoms with Gasteiger partial charge in [0.05, 0.1) is 35.3 Å². The van der Waals surface area contributed by atoms with Crippen LogP contribution in [0.3, 0.4) is 0 Å². The van der Waals surface area contributed by atoms with Gasteiger partial charge in [-0.15, -0.1) is 0 Å². The van der Waals surface area contributed by atoms with Crippen LogP contribution in [-0.2, 0) is 34.9 Å². The Bertz CT molecular complexity index is 1550. The summed E-state index contributed by atoms with van der Waals surface area (Å²) in [6, 6.07) is 21.8. The number of ether oxygens (including phenoxy) is 2. The number of rotatable bonds is 14. The lowest BCUT2D eigenvalue weighted by atomic mass is 10.00. The molecule has 1 atom stereocenters. The van der Waals surface area contributed by atoms with Crippen LogP contribution < -0.4 is 9.47 Å². The van der Waals surface area contributed by atoms with Gasteiger partial charge in [0.2, 0.25) is 0 Å². The lowest BCUT2D eigenvalue weighted by Gasteiger charge is -2.17. The standard InChI is InChI=1S/C34H35FO6S/c1-3-9-27-30(11-7-13-33(27)42(39)32-12-6-5-10-25(32)21-34(37)38)40-18-8-19-41-31-22-29(36)28(20-23(31)4-2)24-14-16-26(35)17-15-24/h5-7,10-17,20,22,36H,3-4,8-9,18-19,21H2,1-2H3,(H,37,38). The monoisotopic (exact) mass is 590 g/mol. The highest BCUT2D eigenvalue weighted by Crippen LogP contribution is 2.36. The summed E-state index contributed by atoms with van der Waals surface area (Å²) in [4.78, 5) is 12.5. The van der Waals surface area contributed by atoms with Gasteiger partial charge in [0.25, 0.3) is 0 Å². The highest BCUT2D eigenvalue weighted by molar-refractivity contribution is 7.85. The van der Waals surface area contributed by atoms with Crippen molar-refractivity contribution in [2.75, 3.05) is 13.2 Å². The van der Waals surface area contributed by atoms with E-state index in [1.165, 1.54) is 12.1 Å². The Kier molecular flexibility index (Phi) is 10.7. The molecule has 0 aliphatic carbocycles. The van der Waals surface area contributed by atoms with Crippen molar-refractivity contribution < 1.29 is 33.1 Å². The molecule has 0 aromatic heterocycles. The summed E-state index contributed by atoms with van der Waals surface area (Å²) in [7, 11) is -1.57. The second kappa shape index (κ2) is 14.6. The van der Waals surface area contributed by atoms with Crippen molar-refractivity contribution in [3.63, 3.8) is 0 Å². The number of phenolic OH excluding ortho intramolecular Hbond substituents is 1. The van der Waals surface area contributed by atoms with Crippen LogP contribution in [0.2, 0.25) is 0 Å². The van der Waals surface area contributed by atoms with E-state index >= 15 is 0 Å². The normalized spacial score (nSPS) is 11.7. The fourth-order valence-electron chi connectivity index (χ4n) is 4.77. The molecule has 4 aromatic carbocycles. The third-order valence-corrected chi connectivity index (χ3v) is 8.40. The molecule has 0 radical (unpaired) electrons. The second-order valence-corrected chi connectivity index (χ2v) is 11.2. The number of carboxylic acid groups (broad SMARTS) is 1. The molecule has 220 valence electrons. The lowest BCUT2D eigenvalue weighted by Crippen LogP contribution is -2.09. The van der Waals surface area contributed by atoms with Crippen molar-refractivity contribution in [1.82, 2.24) is 0 Å². The first kappa shape index (κ1) is 30.8.